The lowest BCUT2D eigenvalue weighted by Crippen LogP contribution is -2.28. The molecule has 0 unspecified atom stereocenters. The fourth-order valence-corrected chi connectivity index (χ4v) is 1.27. The molecule has 0 aliphatic carbocycles. The number of ether oxygens (including phenoxy) is 3. The van der Waals surface area contributed by atoms with Gasteiger partial charge in [0.1, 0.15) is 0 Å². The average Bonchev–Trinajstić information content (AvgIpc) is 2.26. The van der Waals surface area contributed by atoms with E-state index in [2.05, 4.69) is 9.47 Å². The van der Waals surface area contributed by atoms with Crippen LogP contribution in [0.5, 0.6) is 0 Å². The number of hydrogen-bond donors (Lipinski definition) is 0. The van der Waals surface area contributed by atoms with Crippen molar-refractivity contribution < 1.29 is 28.6 Å². The monoisotopic (exact) mass is 260 g/mol. The number of esters is 3. The Morgan fingerprint density at radius 3 is 2.17 bits per heavy atom. The smallest absolute Gasteiger partial charge is 0.347 e. The van der Waals surface area contributed by atoms with Crippen LogP contribution in [0.2, 0.25) is 0 Å². The Kier molecular flexibility index (Phi) is 7.00. The molecule has 0 bridgehead atoms. The van der Waals surface area contributed by atoms with Gasteiger partial charge in [0.25, 0.3) is 0 Å². The molecule has 0 radical (unpaired) electrons. The normalized spacial score (nSPS) is 10.7. The van der Waals surface area contributed by atoms with Gasteiger partial charge < -0.3 is 14.2 Å². The molecule has 0 saturated heterocycles. The molecule has 0 rings (SSSR count). The lowest BCUT2D eigenvalue weighted by molar-refractivity contribution is -0.178. The zero-order valence-corrected chi connectivity index (χ0v) is 11.3. The topological polar surface area (TPSA) is 78.9 Å². The van der Waals surface area contributed by atoms with Gasteiger partial charge in [0, 0.05) is 6.92 Å². The molecule has 0 aromatic carbocycles. The van der Waals surface area contributed by atoms with Gasteiger partial charge in [-0.2, -0.15) is 0 Å². The van der Waals surface area contributed by atoms with Crippen molar-refractivity contribution in [1.82, 2.24) is 0 Å². The molecule has 0 amide bonds. The van der Waals surface area contributed by atoms with E-state index in [1.807, 2.05) is 6.92 Å². The molecule has 0 spiro atoms. The molecule has 6 heteroatoms. The summed E-state index contributed by atoms with van der Waals surface area (Å²) in [5, 5.41) is 0. The predicted octanol–water partition coefficient (Wildman–Crippen LogP) is 1.42. The maximum atomic E-state index is 11.6. The Labute approximate surface area is 107 Å². The molecule has 0 N–H and O–H groups in total. The lowest BCUT2D eigenvalue weighted by Gasteiger charge is -2.21. The summed E-state index contributed by atoms with van der Waals surface area (Å²) in [6, 6.07) is 0. The highest BCUT2D eigenvalue weighted by atomic mass is 16.7. The Morgan fingerprint density at radius 2 is 1.67 bits per heavy atom. The summed E-state index contributed by atoms with van der Waals surface area (Å²) < 4.78 is 13.8. The van der Waals surface area contributed by atoms with E-state index >= 15 is 0 Å². The van der Waals surface area contributed by atoms with E-state index in [0.717, 1.165) is 6.42 Å². The van der Waals surface area contributed by atoms with Crippen molar-refractivity contribution in [3.8, 4) is 0 Å². The molecule has 0 heterocycles. The summed E-state index contributed by atoms with van der Waals surface area (Å²) in [6.45, 7) is 5.73. The molecule has 6 nitrogen and oxygen atoms in total. The first-order valence-electron chi connectivity index (χ1n) is 5.75. The third kappa shape index (κ3) is 6.88. The van der Waals surface area contributed by atoms with Crippen LogP contribution in [0.4, 0.5) is 0 Å². The minimum atomic E-state index is -0.758. The van der Waals surface area contributed by atoms with Crippen LogP contribution >= 0.6 is 0 Å². The van der Waals surface area contributed by atoms with Gasteiger partial charge in [0.15, 0.2) is 6.61 Å². The molecule has 0 aromatic rings. The Bertz CT molecular complexity index is 308. The van der Waals surface area contributed by atoms with E-state index in [1.165, 1.54) is 6.92 Å². The van der Waals surface area contributed by atoms with Gasteiger partial charge in [-0.25, -0.2) is 4.79 Å². The number of hydrogen-bond acceptors (Lipinski definition) is 6. The number of carbonyl (C=O) groups excluding carboxylic acids is 3. The summed E-state index contributed by atoms with van der Waals surface area (Å²) in [4.78, 5) is 33.0. The first-order chi connectivity index (χ1) is 8.29. The van der Waals surface area contributed by atoms with Crippen LogP contribution in [-0.4, -0.2) is 31.3 Å². The maximum absolute atomic E-state index is 11.6. The van der Waals surface area contributed by atoms with Gasteiger partial charge in [0.2, 0.25) is 6.79 Å². The van der Waals surface area contributed by atoms with Crippen molar-refractivity contribution in [2.45, 2.75) is 40.5 Å². The Balaban J connectivity index is 3.87. The zero-order chi connectivity index (χ0) is 14.2. The van der Waals surface area contributed by atoms with Crippen molar-refractivity contribution in [3.63, 3.8) is 0 Å². The van der Waals surface area contributed by atoms with Crippen LogP contribution in [0.15, 0.2) is 0 Å². The van der Waals surface area contributed by atoms with Crippen LogP contribution in [0.3, 0.4) is 0 Å². The summed E-state index contributed by atoms with van der Waals surface area (Å²) in [5.74, 6) is -1.76. The average molecular weight is 260 g/mol. The van der Waals surface area contributed by atoms with Gasteiger partial charge in [0.05, 0.1) is 5.41 Å². The first-order valence-corrected chi connectivity index (χ1v) is 5.75. The molecule has 104 valence electrons. The molecule has 0 aromatic heterocycles. The van der Waals surface area contributed by atoms with E-state index in [-0.39, 0.29) is 0 Å². The van der Waals surface area contributed by atoms with E-state index < -0.39 is 36.7 Å². The minimum Gasteiger partial charge on any atom is -0.454 e. The highest BCUT2D eigenvalue weighted by molar-refractivity contribution is 5.77. The van der Waals surface area contributed by atoms with Gasteiger partial charge in [-0.3, -0.25) is 9.59 Å². The number of carbonyl (C=O) groups is 3. The van der Waals surface area contributed by atoms with Gasteiger partial charge >= 0.3 is 17.9 Å². The van der Waals surface area contributed by atoms with E-state index in [0.29, 0.717) is 6.42 Å². The summed E-state index contributed by atoms with van der Waals surface area (Å²) in [7, 11) is 0. The second kappa shape index (κ2) is 7.68. The SMILES string of the molecule is CCCC(C)(C)C(=O)OCOC(=O)COC(C)=O. The summed E-state index contributed by atoms with van der Waals surface area (Å²) >= 11 is 0. The quantitative estimate of drug-likeness (QED) is 0.509. The lowest BCUT2D eigenvalue weighted by atomic mass is 9.88. The van der Waals surface area contributed by atoms with Crippen molar-refractivity contribution in [2.24, 2.45) is 5.41 Å². The summed E-state index contributed by atoms with van der Waals surface area (Å²) in [6.07, 6.45) is 1.54. The van der Waals surface area contributed by atoms with Crippen LogP contribution < -0.4 is 0 Å². The van der Waals surface area contributed by atoms with Crippen molar-refractivity contribution in [2.75, 3.05) is 13.4 Å². The van der Waals surface area contributed by atoms with Crippen molar-refractivity contribution in [1.29, 1.82) is 0 Å². The predicted molar refractivity (Wildman–Crippen MR) is 62.4 cm³/mol. The second-order valence-corrected chi connectivity index (χ2v) is 4.48. The van der Waals surface area contributed by atoms with Crippen molar-refractivity contribution in [3.05, 3.63) is 0 Å². The Hall–Kier alpha value is -1.59. The van der Waals surface area contributed by atoms with Crippen LogP contribution in [0.1, 0.15) is 40.5 Å². The molecule has 0 saturated carbocycles. The standard InChI is InChI=1S/C12H20O6/c1-5-6-12(3,4)11(15)18-8-17-10(14)7-16-9(2)13/h5-8H2,1-4H3. The molecule has 0 atom stereocenters. The number of rotatable bonds is 7. The molecule has 0 aliphatic rings. The fraction of sp³-hybridized carbons (Fsp3) is 0.750. The largest absolute Gasteiger partial charge is 0.454 e. The third-order valence-corrected chi connectivity index (χ3v) is 2.23. The van der Waals surface area contributed by atoms with Gasteiger partial charge in [-0.1, -0.05) is 13.3 Å². The highest BCUT2D eigenvalue weighted by Crippen LogP contribution is 2.23. The van der Waals surface area contributed by atoms with Crippen LogP contribution in [0, 0.1) is 5.41 Å². The molecule has 0 aliphatic heterocycles. The molecule has 0 fully saturated rings. The molecule has 18 heavy (non-hydrogen) atoms. The first kappa shape index (κ1) is 16.4. The molecular weight excluding hydrogens is 240 g/mol. The zero-order valence-electron chi connectivity index (χ0n) is 11.3. The van der Waals surface area contributed by atoms with Gasteiger partial charge in [-0.05, 0) is 20.3 Å². The summed E-state index contributed by atoms with van der Waals surface area (Å²) in [5.41, 5.74) is -0.600. The highest BCUT2D eigenvalue weighted by Gasteiger charge is 2.28. The molecular formula is C12H20O6. The van der Waals surface area contributed by atoms with Gasteiger partial charge in [-0.15, -0.1) is 0 Å². The second-order valence-electron chi connectivity index (χ2n) is 4.48. The third-order valence-electron chi connectivity index (χ3n) is 2.23. The van der Waals surface area contributed by atoms with Crippen LogP contribution in [-0.2, 0) is 28.6 Å². The van der Waals surface area contributed by atoms with E-state index in [9.17, 15) is 14.4 Å². The maximum Gasteiger partial charge on any atom is 0.347 e. The van der Waals surface area contributed by atoms with Crippen molar-refractivity contribution >= 4 is 17.9 Å². The van der Waals surface area contributed by atoms with E-state index in [1.54, 1.807) is 13.8 Å². The fourth-order valence-electron chi connectivity index (χ4n) is 1.27. The Morgan fingerprint density at radius 1 is 1.06 bits per heavy atom. The van der Waals surface area contributed by atoms with Crippen LogP contribution in [0.25, 0.3) is 0 Å². The van der Waals surface area contributed by atoms with E-state index in [4.69, 9.17) is 4.74 Å². The minimum absolute atomic E-state index is 0.426.